The van der Waals surface area contributed by atoms with E-state index in [1.807, 2.05) is 13.8 Å². The highest BCUT2D eigenvalue weighted by Crippen LogP contribution is 2.30. The largest absolute Gasteiger partial charge is 0.491 e. The van der Waals surface area contributed by atoms with Crippen LogP contribution in [0.4, 0.5) is 4.79 Å². The number of imide groups is 1. The van der Waals surface area contributed by atoms with Gasteiger partial charge in [-0.2, -0.15) is 0 Å². The number of aliphatic carboxylic acids is 1. The van der Waals surface area contributed by atoms with Crippen molar-refractivity contribution in [3.8, 4) is 5.75 Å². The van der Waals surface area contributed by atoms with Crippen molar-refractivity contribution in [3.63, 3.8) is 0 Å². The van der Waals surface area contributed by atoms with Gasteiger partial charge in [0.2, 0.25) is 0 Å². The summed E-state index contributed by atoms with van der Waals surface area (Å²) in [7, 11) is 0. The van der Waals surface area contributed by atoms with Crippen molar-refractivity contribution in [2.75, 3.05) is 6.54 Å². The number of nitrogens with one attached hydrogen (secondary N) is 1. The highest BCUT2D eigenvalue weighted by Gasteiger charge is 2.48. The normalized spacial score (nSPS) is 20.4. The number of urea groups is 1. The molecule has 1 aromatic rings. The lowest BCUT2D eigenvalue weighted by atomic mass is 9.92. The second-order valence-corrected chi connectivity index (χ2v) is 6.20. The van der Waals surface area contributed by atoms with Gasteiger partial charge in [0.05, 0.1) is 6.10 Å². The maximum Gasteiger partial charge on any atom is 0.325 e. The molecule has 1 aromatic carbocycles. The van der Waals surface area contributed by atoms with Gasteiger partial charge in [-0.15, -0.1) is 0 Å². The summed E-state index contributed by atoms with van der Waals surface area (Å²) in [6, 6.07) is 6.50. The van der Waals surface area contributed by atoms with Crippen LogP contribution in [0.5, 0.6) is 5.75 Å². The lowest BCUT2D eigenvalue weighted by Gasteiger charge is -2.22. The first-order valence-electron chi connectivity index (χ1n) is 7.87. The molecule has 1 unspecified atom stereocenters. The molecule has 0 bridgehead atoms. The van der Waals surface area contributed by atoms with Crippen molar-refractivity contribution >= 4 is 17.9 Å². The minimum absolute atomic E-state index is 0.0454. The maximum atomic E-state index is 12.6. The average Bonchev–Trinajstić information content (AvgIpc) is 2.71. The molecule has 7 heteroatoms. The molecule has 130 valence electrons. The quantitative estimate of drug-likeness (QED) is 0.745. The van der Waals surface area contributed by atoms with Crippen molar-refractivity contribution in [1.29, 1.82) is 0 Å². The van der Waals surface area contributed by atoms with E-state index in [1.54, 1.807) is 31.2 Å². The molecular formula is C17H22N2O5. The third-order valence-corrected chi connectivity index (χ3v) is 3.85. The van der Waals surface area contributed by atoms with E-state index >= 15 is 0 Å². The predicted octanol–water partition coefficient (Wildman–Crippen LogP) is 2.11. The number of ether oxygens (including phenoxy) is 1. The molecule has 0 aromatic heterocycles. The SMILES string of the molecule is CC(C)Oc1ccc(C2(C)NC(=O)N(CCCC(=O)O)C2=O)cc1. The van der Waals surface area contributed by atoms with Gasteiger partial charge in [-0.05, 0) is 44.9 Å². The van der Waals surface area contributed by atoms with E-state index in [1.165, 1.54) is 0 Å². The van der Waals surface area contributed by atoms with Gasteiger partial charge in [0.1, 0.15) is 11.3 Å². The summed E-state index contributed by atoms with van der Waals surface area (Å²) in [4.78, 5) is 36.4. The topological polar surface area (TPSA) is 95.9 Å². The number of rotatable bonds is 7. The summed E-state index contributed by atoms with van der Waals surface area (Å²) in [6.45, 7) is 5.57. The Hall–Kier alpha value is -2.57. The summed E-state index contributed by atoms with van der Waals surface area (Å²) in [6.07, 6.45) is 0.185. The van der Waals surface area contributed by atoms with Crippen LogP contribution in [0.25, 0.3) is 0 Å². The number of benzene rings is 1. The molecule has 1 fully saturated rings. The lowest BCUT2D eigenvalue weighted by Crippen LogP contribution is -2.41. The van der Waals surface area contributed by atoms with Crippen molar-refractivity contribution < 1.29 is 24.2 Å². The molecule has 0 spiro atoms. The Morgan fingerprint density at radius 3 is 2.46 bits per heavy atom. The Kier molecular flexibility index (Phi) is 5.11. The molecule has 0 aliphatic carbocycles. The molecule has 0 radical (unpaired) electrons. The van der Waals surface area contributed by atoms with Crippen LogP contribution in [0, 0.1) is 0 Å². The van der Waals surface area contributed by atoms with Crippen LogP contribution in [0.3, 0.4) is 0 Å². The summed E-state index contributed by atoms with van der Waals surface area (Å²) in [5.74, 6) is -0.645. The van der Waals surface area contributed by atoms with E-state index in [0.29, 0.717) is 11.3 Å². The van der Waals surface area contributed by atoms with Gasteiger partial charge in [-0.3, -0.25) is 14.5 Å². The van der Waals surface area contributed by atoms with Gasteiger partial charge in [-0.25, -0.2) is 4.79 Å². The Morgan fingerprint density at radius 2 is 1.92 bits per heavy atom. The fourth-order valence-electron chi connectivity index (χ4n) is 2.62. The predicted molar refractivity (Wildman–Crippen MR) is 86.7 cm³/mol. The van der Waals surface area contributed by atoms with E-state index in [-0.39, 0.29) is 31.4 Å². The molecule has 1 heterocycles. The molecule has 7 nitrogen and oxygen atoms in total. The smallest absolute Gasteiger partial charge is 0.325 e. The van der Waals surface area contributed by atoms with Crippen molar-refractivity contribution in [2.45, 2.75) is 45.3 Å². The Morgan fingerprint density at radius 1 is 1.29 bits per heavy atom. The number of carboxylic acids is 1. The summed E-state index contributed by atoms with van der Waals surface area (Å²) >= 11 is 0. The zero-order valence-electron chi connectivity index (χ0n) is 14.0. The molecule has 0 saturated carbocycles. The van der Waals surface area contributed by atoms with Gasteiger partial charge < -0.3 is 15.2 Å². The van der Waals surface area contributed by atoms with Crippen LogP contribution in [0.2, 0.25) is 0 Å². The number of carboxylic acid groups (broad SMARTS) is 1. The van der Waals surface area contributed by atoms with Crippen molar-refractivity contribution in [2.24, 2.45) is 0 Å². The van der Waals surface area contributed by atoms with Crippen LogP contribution in [-0.2, 0) is 15.1 Å². The van der Waals surface area contributed by atoms with E-state index < -0.39 is 17.5 Å². The Balaban J connectivity index is 2.13. The fraction of sp³-hybridized carbons (Fsp3) is 0.471. The number of nitrogens with zero attached hydrogens (tertiary/aromatic N) is 1. The second-order valence-electron chi connectivity index (χ2n) is 6.20. The molecule has 3 amide bonds. The molecule has 2 rings (SSSR count). The average molecular weight is 334 g/mol. The third kappa shape index (κ3) is 3.67. The van der Waals surface area contributed by atoms with E-state index in [0.717, 1.165) is 4.90 Å². The van der Waals surface area contributed by atoms with Gasteiger partial charge in [-0.1, -0.05) is 12.1 Å². The number of hydrogen-bond donors (Lipinski definition) is 2. The zero-order valence-corrected chi connectivity index (χ0v) is 14.0. The molecule has 24 heavy (non-hydrogen) atoms. The molecule has 2 N–H and O–H groups in total. The summed E-state index contributed by atoms with van der Waals surface area (Å²) in [5, 5.41) is 11.4. The van der Waals surface area contributed by atoms with Gasteiger partial charge in [0, 0.05) is 13.0 Å². The third-order valence-electron chi connectivity index (χ3n) is 3.85. The van der Waals surface area contributed by atoms with Crippen molar-refractivity contribution in [1.82, 2.24) is 10.2 Å². The first-order valence-corrected chi connectivity index (χ1v) is 7.87. The van der Waals surface area contributed by atoms with Crippen LogP contribution < -0.4 is 10.1 Å². The van der Waals surface area contributed by atoms with E-state index in [9.17, 15) is 14.4 Å². The molecule has 1 atom stereocenters. The van der Waals surface area contributed by atoms with Gasteiger partial charge in [0.15, 0.2) is 0 Å². The standard InChI is InChI=1S/C17H22N2O5/c1-11(2)24-13-8-6-12(7-9-13)17(3)15(22)19(16(23)18-17)10-4-5-14(20)21/h6-9,11H,4-5,10H2,1-3H3,(H,18,23)(H,20,21). The van der Waals surface area contributed by atoms with E-state index in [2.05, 4.69) is 5.32 Å². The minimum Gasteiger partial charge on any atom is -0.491 e. The molecule has 1 aliphatic heterocycles. The van der Waals surface area contributed by atoms with Crippen molar-refractivity contribution in [3.05, 3.63) is 29.8 Å². The minimum atomic E-state index is -1.16. The maximum absolute atomic E-state index is 12.6. The number of hydrogen-bond acceptors (Lipinski definition) is 4. The number of amides is 3. The summed E-state index contributed by atoms with van der Waals surface area (Å²) in [5.41, 5.74) is -0.505. The zero-order chi connectivity index (χ0) is 17.9. The van der Waals surface area contributed by atoms with E-state index in [4.69, 9.17) is 9.84 Å². The highest BCUT2D eigenvalue weighted by atomic mass is 16.5. The Labute approximate surface area is 140 Å². The molecular weight excluding hydrogens is 312 g/mol. The Bertz CT molecular complexity index is 641. The summed E-state index contributed by atoms with van der Waals surface area (Å²) < 4.78 is 5.57. The fourth-order valence-corrected chi connectivity index (χ4v) is 2.62. The highest BCUT2D eigenvalue weighted by molar-refractivity contribution is 6.07. The van der Waals surface area contributed by atoms with Crippen LogP contribution >= 0.6 is 0 Å². The monoisotopic (exact) mass is 334 g/mol. The second kappa shape index (κ2) is 6.90. The first kappa shape index (κ1) is 17.8. The van der Waals surface area contributed by atoms with Gasteiger partial charge >= 0.3 is 12.0 Å². The number of carbonyl (C=O) groups excluding carboxylic acids is 2. The van der Waals surface area contributed by atoms with Crippen LogP contribution in [0.1, 0.15) is 39.2 Å². The molecule has 1 saturated heterocycles. The molecule has 1 aliphatic rings. The van der Waals surface area contributed by atoms with Crippen LogP contribution in [-0.4, -0.2) is 40.6 Å². The van der Waals surface area contributed by atoms with Gasteiger partial charge in [0.25, 0.3) is 5.91 Å². The first-order chi connectivity index (χ1) is 11.2. The lowest BCUT2D eigenvalue weighted by molar-refractivity contribution is -0.138. The number of carbonyl (C=O) groups is 3. The van der Waals surface area contributed by atoms with Crippen LogP contribution in [0.15, 0.2) is 24.3 Å².